The summed E-state index contributed by atoms with van der Waals surface area (Å²) < 4.78 is 4.76. The lowest BCUT2D eigenvalue weighted by atomic mass is 9.94. The number of hydrogen-bond donors (Lipinski definition) is 1. The average molecular weight is 305 g/mol. The van der Waals surface area contributed by atoms with Crippen LogP contribution in [0.5, 0.6) is 0 Å². The maximum absolute atomic E-state index is 11.8. The molecule has 0 saturated carbocycles. The predicted molar refractivity (Wildman–Crippen MR) is 86.5 cm³/mol. The maximum Gasteiger partial charge on any atom is 0.243 e. The van der Waals surface area contributed by atoms with E-state index in [1.165, 1.54) is 13.2 Å². The standard InChI is InChI=1S/C16H19NO3S/c1-5-13(18)17-16(2,3)10-11-6-8-12(9-7-11)14(19)15(21)20-4/h5-9H,1,10H2,2-4H3,(H,17,18). The molecule has 1 rings (SSSR count). The van der Waals surface area contributed by atoms with E-state index < -0.39 is 5.54 Å². The Morgan fingerprint density at radius 1 is 1.33 bits per heavy atom. The van der Waals surface area contributed by atoms with E-state index in [-0.39, 0.29) is 16.7 Å². The monoisotopic (exact) mass is 305 g/mol. The number of amides is 1. The molecule has 1 amide bonds. The van der Waals surface area contributed by atoms with E-state index in [2.05, 4.69) is 11.9 Å². The zero-order valence-electron chi connectivity index (χ0n) is 12.4. The number of hydrogen-bond acceptors (Lipinski definition) is 4. The average Bonchev–Trinajstić information content (AvgIpc) is 2.45. The first-order chi connectivity index (χ1) is 9.79. The first-order valence-electron chi connectivity index (χ1n) is 6.45. The lowest BCUT2D eigenvalue weighted by molar-refractivity contribution is -0.117. The van der Waals surface area contributed by atoms with Gasteiger partial charge in [0.2, 0.25) is 16.7 Å². The summed E-state index contributed by atoms with van der Waals surface area (Å²) in [4.78, 5) is 23.2. The minimum atomic E-state index is -0.404. The van der Waals surface area contributed by atoms with E-state index in [4.69, 9.17) is 17.0 Å². The van der Waals surface area contributed by atoms with Gasteiger partial charge in [-0.15, -0.1) is 0 Å². The van der Waals surface area contributed by atoms with Gasteiger partial charge < -0.3 is 10.1 Å². The number of ketones is 1. The largest absolute Gasteiger partial charge is 0.484 e. The van der Waals surface area contributed by atoms with Gasteiger partial charge in [0.15, 0.2) is 0 Å². The number of thiocarbonyl (C=S) groups is 1. The van der Waals surface area contributed by atoms with Crippen molar-refractivity contribution in [3.63, 3.8) is 0 Å². The van der Waals surface area contributed by atoms with Gasteiger partial charge >= 0.3 is 0 Å². The van der Waals surface area contributed by atoms with Crippen LogP contribution in [0.1, 0.15) is 29.8 Å². The van der Waals surface area contributed by atoms with Crippen molar-refractivity contribution in [3.8, 4) is 0 Å². The SMILES string of the molecule is C=CC(=O)NC(C)(C)Cc1ccc(C(=O)C(=S)OC)cc1. The summed E-state index contributed by atoms with van der Waals surface area (Å²) in [5, 5.41) is 2.80. The lowest BCUT2D eigenvalue weighted by Crippen LogP contribution is -2.44. The number of benzene rings is 1. The molecule has 112 valence electrons. The van der Waals surface area contributed by atoms with Gasteiger partial charge in [0, 0.05) is 11.1 Å². The van der Waals surface area contributed by atoms with Crippen LogP contribution in [-0.4, -0.2) is 29.4 Å². The van der Waals surface area contributed by atoms with Gasteiger partial charge in [-0.05, 0) is 44.1 Å². The summed E-state index contributed by atoms with van der Waals surface area (Å²) in [6.45, 7) is 7.28. The van der Waals surface area contributed by atoms with Crippen molar-refractivity contribution < 1.29 is 14.3 Å². The highest BCUT2D eigenvalue weighted by Gasteiger charge is 2.20. The molecule has 0 aliphatic carbocycles. The van der Waals surface area contributed by atoms with Gasteiger partial charge in [0.1, 0.15) is 0 Å². The molecule has 0 atom stereocenters. The molecule has 0 spiro atoms. The van der Waals surface area contributed by atoms with Crippen molar-refractivity contribution in [1.82, 2.24) is 5.32 Å². The van der Waals surface area contributed by atoms with Crippen molar-refractivity contribution >= 4 is 29.0 Å². The number of carbonyl (C=O) groups excluding carboxylic acids is 2. The Morgan fingerprint density at radius 2 is 1.90 bits per heavy atom. The zero-order valence-corrected chi connectivity index (χ0v) is 13.3. The van der Waals surface area contributed by atoms with Crippen LogP contribution in [0, 0.1) is 0 Å². The van der Waals surface area contributed by atoms with E-state index in [1.54, 1.807) is 12.1 Å². The van der Waals surface area contributed by atoms with E-state index in [1.807, 2.05) is 26.0 Å². The van der Waals surface area contributed by atoms with Crippen LogP contribution in [0.2, 0.25) is 0 Å². The normalized spacial score (nSPS) is 10.6. The molecule has 1 aromatic carbocycles. The third kappa shape index (κ3) is 5.11. The highest BCUT2D eigenvalue weighted by atomic mass is 32.1. The van der Waals surface area contributed by atoms with Crippen LogP contribution in [0.15, 0.2) is 36.9 Å². The molecule has 0 radical (unpaired) electrons. The van der Waals surface area contributed by atoms with Gasteiger partial charge in [-0.1, -0.05) is 30.8 Å². The first kappa shape index (κ1) is 17.0. The number of nitrogens with one attached hydrogen (secondary N) is 1. The van der Waals surface area contributed by atoms with E-state index in [0.717, 1.165) is 5.56 Å². The number of methoxy groups -OCH3 is 1. The van der Waals surface area contributed by atoms with Crippen LogP contribution >= 0.6 is 12.2 Å². The second-order valence-corrected chi connectivity index (χ2v) is 5.64. The highest BCUT2D eigenvalue weighted by molar-refractivity contribution is 7.81. The fourth-order valence-corrected chi connectivity index (χ4v) is 2.04. The molecule has 5 heteroatoms. The molecule has 0 bridgehead atoms. The van der Waals surface area contributed by atoms with Gasteiger partial charge in [0.25, 0.3) is 0 Å². The summed E-state index contributed by atoms with van der Waals surface area (Å²) in [5.74, 6) is -0.518. The summed E-state index contributed by atoms with van der Waals surface area (Å²) >= 11 is 4.81. The number of rotatable bonds is 6. The molecule has 0 aliphatic heterocycles. The minimum Gasteiger partial charge on any atom is -0.484 e. The van der Waals surface area contributed by atoms with Crippen molar-refractivity contribution in [3.05, 3.63) is 48.0 Å². The van der Waals surface area contributed by atoms with Crippen LogP contribution in [0.3, 0.4) is 0 Å². The van der Waals surface area contributed by atoms with E-state index in [9.17, 15) is 9.59 Å². The minimum absolute atomic E-state index is 0.0543. The van der Waals surface area contributed by atoms with Crippen LogP contribution < -0.4 is 5.32 Å². The number of Topliss-reactive ketones (excluding diaryl/α,β-unsaturated/α-hetero) is 1. The number of carbonyl (C=O) groups is 2. The molecular formula is C16H19NO3S. The van der Waals surface area contributed by atoms with E-state index >= 15 is 0 Å². The summed E-state index contributed by atoms with van der Waals surface area (Å²) in [7, 11) is 1.37. The Balaban J connectivity index is 2.79. The summed E-state index contributed by atoms with van der Waals surface area (Å²) in [6, 6.07) is 7.09. The molecule has 1 N–H and O–H groups in total. The van der Waals surface area contributed by atoms with Crippen molar-refractivity contribution in [2.24, 2.45) is 0 Å². The smallest absolute Gasteiger partial charge is 0.243 e. The molecule has 1 aromatic rings. The van der Waals surface area contributed by atoms with Crippen LogP contribution in [-0.2, 0) is 16.0 Å². The quantitative estimate of drug-likeness (QED) is 0.498. The van der Waals surface area contributed by atoms with Gasteiger partial charge in [-0.3, -0.25) is 9.59 Å². The van der Waals surface area contributed by atoms with Crippen molar-refractivity contribution in [2.75, 3.05) is 7.11 Å². The third-order valence-corrected chi connectivity index (χ3v) is 3.23. The topological polar surface area (TPSA) is 55.4 Å². The fraction of sp³-hybridized carbons (Fsp3) is 0.312. The second kappa shape index (κ2) is 7.13. The first-order valence-corrected chi connectivity index (χ1v) is 6.86. The Morgan fingerprint density at radius 3 is 2.38 bits per heavy atom. The molecule has 0 fully saturated rings. The van der Waals surface area contributed by atoms with Gasteiger partial charge in [-0.2, -0.15) is 0 Å². The molecule has 0 saturated heterocycles. The Bertz CT molecular complexity index is 561. The van der Waals surface area contributed by atoms with E-state index in [0.29, 0.717) is 12.0 Å². The Kier molecular flexibility index (Phi) is 5.79. The predicted octanol–water partition coefficient (Wildman–Crippen LogP) is 2.47. The molecule has 0 unspecified atom stereocenters. The second-order valence-electron chi connectivity index (χ2n) is 5.27. The van der Waals surface area contributed by atoms with Gasteiger partial charge in [0.05, 0.1) is 7.11 Å². The third-order valence-electron chi connectivity index (χ3n) is 2.88. The van der Waals surface area contributed by atoms with Crippen molar-refractivity contribution in [2.45, 2.75) is 25.8 Å². The summed E-state index contributed by atoms with van der Waals surface area (Å²) in [6.07, 6.45) is 1.88. The molecule has 4 nitrogen and oxygen atoms in total. The Hall–Kier alpha value is -2.01. The lowest BCUT2D eigenvalue weighted by Gasteiger charge is -2.25. The van der Waals surface area contributed by atoms with Crippen molar-refractivity contribution in [1.29, 1.82) is 0 Å². The van der Waals surface area contributed by atoms with Crippen LogP contribution in [0.25, 0.3) is 0 Å². The summed E-state index contributed by atoms with van der Waals surface area (Å²) in [5.41, 5.74) is 1.08. The van der Waals surface area contributed by atoms with Gasteiger partial charge in [-0.25, -0.2) is 0 Å². The fourth-order valence-electron chi connectivity index (χ4n) is 1.92. The number of ether oxygens (including phenoxy) is 1. The molecule has 0 aromatic heterocycles. The van der Waals surface area contributed by atoms with Crippen LogP contribution in [0.4, 0.5) is 0 Å². The highest BCUT2D eigenvalue weighted by Crippen LogP contribution is 2.14. The molecule has 21 heavy (non-hydrogen) atoms. The zero-order chi connectivity index (χ0) is 16.0. The molecule has 0 aliphatic rings. The molecule has 0 heterocycles. The Labute approximate surface area is 130 Å². The maximum atomic E-state index is 11.8. The molecular weight excluding hydrogens is 286 g/mol.